The van der Waals surface area contributed by atoms with E-state index in [0.29, 0.717) is 0 Å². The number of rotatable bonds is 1. The number of nitrogens with two attached hydrogens (primary N) is 1. The highest BCUT2D eigenvalue weighted by molar-refractivity contribution is 8.17. The van der Waals surface area contributed by atoms with Crippen molar-refractivity contribution in [3.63, 3.8) is 0 Å². The van der Waals surface area contributed by atoms with Crippen molar-refractivity contribution in [2.45, 2.75) is 0 Å². The summed E-state index contributed by atoms with van der Waals surface area (Å²) >= 11 is 5.53. The van der Waals surface area contributed by atoms with Crippen LogP contribution in [0.4, 0.5) is 5.69 Å². The number of anilines is 1. The van der Waals surface area contributed by atoms with Gasteiger partial charge in [0.2, 0.25) is 0 Å². The van der Waals surface area contributed by atoms with E-state index in [2.05, 4.69) is 23.3 Å². The summed E-state index contributed by atoms with van der Waals surface area (Å²) in [7, 11) is 0. The van der Waals surface area contributed by atoms with E-state index in [-0.39, 0.29) is 0 Å². The summed E-state index contributed by atoms with van der Waals surface area (Å²) in [6.45, 7) is 4.12. The SMILES string of the molecule is CP(C)(=S)c1c(N)ccc2nccnc12. The molecule has 1 heterocycles. The molecule has 0 saturated heterocycles. The summed E-state index contributed by atoms with van der Waals surface area (Å²) in [5, 5.41) is 1.00. The Morgan fingerprint density at radius 1 is 1.20 bits per heavy atom. The molecule has 3 nitrogen and oxygen atoms in total. The number of nitrogens with zero attached hydrogens (tertiary/aromatic N) is 2. The summed E-state index contributed by atoms with van der Waals surface area (Å²) in [4.78, 5) is 8.58. The second-order valence-corrected chi connectivity index (χ2v) is 9.67. The summed E-state index contributed by atoms with van der Waals surface area (Å²) in [6.07, 6.45) is 3.35. The van der Waals surface area contributed by atoms with Crippen molar-refractivity contribution in [3.8, 4) is 0 Å². The molecule has 1 aromatic heterocycles. The molecule has 0 fully saturated rings. The average Bonchev–Trinajstić information content (AvgIpc) is 2.15. The topological polar surface area (TPSA) is 51.8 Å². The number of benzene rings is 1. The van der Waals surface area contributed by atoms with E-state index in [9.17, 15) is 0 Å². The van der Waals surface area contributed by atoms with Gasteiger partial charge in [-0.15, -0.1) is 0 Å². The molecule has 15 heavy (non-hydrogen) atoms. The third kappa shape index (κ3) is 1.87. The predicted octanol–water partition coefficient (Wildman–Crippen LogP) is 1.58. The average molecular weight is 237 g/mol. The molecule has 0 radical (unpaired) electrons. The predicted molar refractivity (Wildman–Crippen MR) is 69.7 cm³/mol. The monoisotopic (exact) mass is 237 g/mol. The van der Waals surface area contributed by atoms with Crippen molar-refractivity contribution in [1.29, 1.82) is 0 Å². The van der Waals surface area contributed by atoms with E-state index in [1.807, 2.05) is 12.1 Å². The molecule has 78 valence electrons. The minimum Gasteiger partial charge on any atom is -0.398 e. The second-order valence-electron chi connectivity index (χ2n) is 3.78. The maximum atomic E-state index is 5.97. The zero-order valence-corrected chi connectivity index (χ0v) is 10.3. The molecule has 0 amide bonds. The zero-order chi connectivity index (χ0) is 11.1. The number of aromatic nitrogens is 2. The molecule has 2 N–H and O–H groups in total. The second kappa shape index (κ2) is 3.54. The van der Waals surface area contributed by atoms with Gasteiger partial charge < -0.3 is 5.73 Å². The quantitative estimate of drug-likeness (QED) is 0.604. The molecule has 0 aliphatic heterocycles. The summed E-state index contributed by atoms with van der Waals surface area (Å²) < 4.78 is 0. The third-order valence-corrected chi connectivity index (χ3v) is 4.28. The lowest BCUT2D eigenvalue weighted by atomic mass is 10.2. The van der Waals surface area contributed by atoms with E-state index in [0.717, 1.165) is 22.0 Å². The lowest BCUT2D eigenvalue weighted by Gasteiger charge is -2.15. The highest BCUT2D eigenvalue weighted by Gasteiger charge is 2.15. The van der Waals surface area contributed by atoms with Gasteiger partial charge in [0, 0.05) is 23.4 Å². The molecular weight excluding hydrogens is 225 g/mol. The molecule has 0 bridgehead atoms. The molecule has 0 unspecified atom stereocenters. The van der Waals surface area contributed by atoms with Crippen LogP contribution in [-0.4, -0.2) is 23.3 Å². The summed E-state index contributed by atoms with van der Waals surface area (Å²) in [6, 6.07) is 2.15. The van der Waals surface area contributed by atoms with Crippen LogP contribution in [0.2, 0.25) is 0 Å². The van der Waals surface area contributed by atoms with Crippen LogP contribution in [0.25, 0.3) is 11.0 Å². The standard InChI is InChI=1S/C10H12N3PS/c1-14(2,15)10-7(11)3-4-8-9(10)13-6-5-12-8/h3-6H,11H2,1-2H3. The maximum absolute atomic E-state index is 5.97. The Kier molecular flexibility index (Phi) is 2.49. The van der Waals surface area contributed by atoms with Gasteiger partial charge >= 0.3 is 0 Å². The van der Waals surface area contributed by atoms with E-state index in [4.69, 9.17) is 17.5 Å². The molecule has 2 aromatic rings. The molecule has 0 aliphatic rings. The van der Waals surface area contributed by atoms with Gasteiger partial charge in [0.1, 0.15) is 0 Å². The highest BCUT2D eigenvalue weighted by Crippen LogP contribution is 2.39. The molecular formula is C10H12N3PS. The Labute approximate surface area is 93.7 Å². The fourth-order valence-electron chi connectivity index (χ4n) is 1.60. The smallest absolute Gasteiger partial charge is 0.0991 e. The fourth-order valence-corrected chi connectivity index (χ4v) is 3.56. The Hall–Kier alpha value is -0.990. The van der Waals surface area contributed by atoms with E-state index < -0.39 is 6.04 Å². The molecule has 2 rings (SSSR count). The highest BCUT2D eigenvalue weighted by atomic mass is 32.4. The normalized spacial score (nSPS) is 11.9. The number of nitrogen functional groups attached to an aromatic ring is 1. The molecule has 0 saturated carbocycles. The van der Waals surface area contributed by atoms with Crippen molar-refractivity contribution in [2.24, 2.45) is 0 Å². The van der Waals surface area contributed by atoms with Gasteiger partial charge in [0.15, 0.2) is 0 Å². The van der Waals surface area contributed by atoms with Crippen molar-refractivity contribution < 1.29 is 0 Å². The molecule has 1 aromatic carbocycles. The fraction of sp³-hybridized carbons (Fsp3) is 0.200. The molecule has 0 atom stereocenters. The van der Waals surface area contributed by atoms with Crippen molar-refractivity contribution in [2.75, 3.05) is 19.1 Å². The number of hydrogen-bond acceptors (Lipinski definition) is 4. The Balaban J connectivity index is 2.92. The zero-order valence-electron chi connectivity index (χ0n) is 8.64. The van der Waals surface area contributed by atoms with E-state index in [1.165, 1.54) is 0 Å². The van der Waals surface area contributed by atoms with Crippen LogP contribution in [0.3, 0.4) is 0 Å². The molecule has 5 heteroatoms. The molecule has 0 aliphatic carbocycles. The first-order valence-electron chi connectivity index (χ1n) is 4.55. The van der Waals surface area contributed by atoms with Crippen LogP contribution in [0.1, 0.15) is 0 Å². The van der Waals surface area contributed by atoms with Crippen molar-refractivity contribution in [3.05, 3.63) is 24.5 Å². The first kappa shape index (κ1) is 10.5. The number of hydrogen-bond donors (Lipinski definition) is 1. The Morgan fingerprint density at radius 3 is 2.53 bits per heavy atom. The van der Waals surface area contributed by atoms with E-state index >= 15 is 0 Å². The minimum absolute atomic E-state index is 0.733. The Bertz CT molecular complexity index is 562. The third-order valence-electron chi connectivity index (χ3n) is 2.18. The Morgan fingerprint density at radius 2 is 1.87 bits per heavy atom. The van der Waals surface area contributed by atoms with Gasteiger partial charge in [-0.1, -0.05) is 11.8 Å². The summed E-state index contributed by atoms with van der Waals surface area (Å²) in [5.41, 5.74) is 8.41. The van der Waals surface area contributed by atoms with Gasteiger partial charge in [-0.3, -0.25) is 9.97 Å². The van der Waals surface area contributed by atoms with Crippen LogP contribution in [0.15, 0.2) is 24.5 Å². The van der Waals surface area contributed by atoms with Crippen LogP contribution in [0.5, 0.6) is 0 Å². The van der Waals surface area contributed by atoms with Crippen molar-refractivity contribution >= 4 is 39.9 Å². The van der Waals surface area contributed by atoms with Gasteiger partial charge in [-0.05, 0) is 31.5 Å². The van der Waals surface area contributed by atoms with Crippen LogP contribution < -0.4 is 11.0 Å². The van der Waals surface area contributed by atoms with E-state index in [1.54, 1.807) is 12.4 Å². The maximum Gasteiger partial charge on any atom is 0.0991 e. The van der Waals surface area contributed by atoms with Crippen LogP contribution >= 0.6 is 6.04 Å². The van der Waals surface area contributed by atoms with Gasteiger partial charge in [0.25, 0.3) is 0 Å². The minimum atomic E-state index is -1.60. The van der Waals surface area contributed by atoms with Crippen molar-refractivity contribution in [1.82, 2.24) is 9.97 Å². The first-order valence-corrected chi connectivity index (χ1v) is 8.24. The summed E-state index contributed by atoms with van der Waals surface area (Å²) in [5.74, 6) is 0. The van der Waals surface area contributed by atoms with Gasteiger partial charge in [0.05, 0.1) is 11.0 Å². The largest absolute Gasteiger partial charge is 0.398 e. The molecule has 0 spiro atoms. The van der Waals surface area contributed by atoms with Crippen LogP contribution in [-0.2, 0) is 11.8 Å². The first-order chi connectivity index (χ1) is 7.00. The number of fused-ring (bicyclic) bond motifs is 1. The van der Waals surface area contributed by atoms with Gasteiger partial charge in [-0.25, -0.2) is 0 Å². The van der Waals surface area contributed by atoms with Gasteiger partial charge in [-0.2, -0.15) is 0 Å². The lowest BCUT2D eigenvalue weighted by Crippen LogP contribution is -2.12. The van der Waals surface area contributed by atoms with Crippen LogP contribution in [0, 0.1) is 0 Å². The lowest BCUT2D eigenvalue weighted by molar-refractivity contribution is 1.30.